The maximum absolute atomic E-state index is 10.2. The number of amides is 1. The summed E-state index contributed by atoms with van der Waals surface area (Å²) in [5.41, 5.74) is 10.5. The van der Waals surface area contributed by atoms with Crippen LogP contribution < -0.4 is 5.73 Å². The summed E-state index contributed by atoms with van der Waals surface area (Å²) in [4.78, 5) is 18.3. The van der Waals surface area contributed by atoms with Crippen LogP contribution in [0.15, 0.2) is 53.8 Å². The summed E-state index contributed by atoms with van der Waals surface area (Å²) in [7, 11) is 0. The summed E-state index contributed by atoms with van der Waals surface area (Å²) < 4.78 is 0. The number of primary amides is 1. The number of carbonyl (C=O) groups excluding carboxylic acids is 1. The van der Waals surface area contributed by atoms with Gasteiger partial charge < -0.3 is 5.73 Å². The van der Waals surface area contributed by atoms with Crippen molar-refractivity contribution in [3.63, 3.8) is 0 Å². The van der Waals surface area contributed by atoms with Crippen molar-refractivity contribution in [3.05, 3.63) is 64.4 Å². The number of aromatic nitrogens is 2. The van der Waals surface area contributed by atoms with Crippen LogP contribution in [-0.2, 0) is 0 Å². The fourth-order valence-electron chi connectivity index (χ4n) is 7.58. The van der Waals surface area contributed by atoms with Gasteiger partial charge in [0.05, 0.1) is 0 Å². The fraction of sp³-hybridized carbons (Fsp3) is 0.536. The molecule has 0 radical (unpaired) electrons. The number of nitrogens with zero attached hydrogens (tertiary/aromatic N) is 2. The highest BCUT2D eigenvalue weighted by molar-refractivity contribution is 7.11. The van der Waals surface area contributed by atoms with Gasteiger partial charge in [0, 0.05) is 24.0 Å². The standard InChI is InChI=1S/C24H31N.C4H4N2OS/c1-23-13-4-3-7-18(23)8-9-19-21-11-10-20(17-6-5-15-25-16-17)24(21,2)14-12-22(19)23;5-3(7)4-6-1-2-8-4/h5-6,8,10,15-16,19,21-22H,3-4,7,9,11-14H2,1-2H3;1-2H,(H2,5,7). The van der Waals surface area contributed by atoms with Gasteiger partial charge in [-0.25, -0.2) is 4.98 Å². The molecule has 4 aliphatic rings. The van der Waals surface area contributed by atoms with Crippen LogP contribution in [0.3, 0.4) is 0 Å². The zero-order valence-corrected chi connectivity index (χ0v) is 20.6. The van der Waals surface area contributed by atoms with Gasteiger partial charge in [-0.05, 0) is 90.7 Å². The van der Waals surface area contributed by atoms with E-state index in [0.717, 1.165) is 17.8 Å². The van der Waals surface area contributed by atoms with Crippen molar-refractivity contribution in [1.82, 2.24) is 9.97 Å². The second kappa shape index (κ2) is 8.83. The van der Waals surface area contributed by atoms with Crippen molar-refractivity contribution >= 4 is 22.8 Å². The zero-order chi connectivity index (χ0) is 23.1. The predicted molar refractivity (Wildman–Crippen MR) is 135 cm³/mol. The van der Waals surface area contributed by atoms with Crippen molar-refractivity contribution < 1.29 is 4.79 Å². The molecule has 5 atom stereocenters. The smallest absolute Gasteiger partial charge is 0.277 e. The van der Waals surface area contributed by atoms with E-state index in [1.807, 2.05) is 11.8 Å². The van der Waals surface area contributed by atoms with Crippen molar-refractivity contribution in [2.75, 3.05) is 0 Å². The van der Waals surface area contributed by atoms with Crippen molar-refractivity contribution in [1.29, 1.82) is 0 Å². The molecule has 2 aromatic heterocycles. The van der Waals surface area contributed by atoms with E-state index in [4.69, 9.17) is 5.73 Å². The molecule has 0 aromatic carbocycles. The third kappa shape index (κ3) is 3.88. The lowest BCUT2D eigenvalue weighted by Gasteiger charge is -2.57. The molecular formula is C28H35N3OS. The number of hydrogen-bond donors (Lipinski definition) is 1. The second-order valence-corrected chi connectivity index (χ2v) is 11.6. The molecule has 174 valence electrons. The van der Waals surface area contributed by atoms with Crippen LogP contribution in [0.25, 0.3) is 5.57 Å². The molecule has 0 saturated heterocycles. The number of carbonyl (C=O) groups is 1. The highest BCUT2D eigenvalue weighted by atomic mass is 32.1. The minimum atomic E-state index is -0.458. The molecule has 2 fully saturated rings. The van der Waals surface area contributed by atoms with Gasteiger partial charge in [-0.2, -0.15) is 0 Å². The molecule has 2 saturated carbocycles. The Morgan fingerprint density at radius 3 is 2.67 bits per heavy atom. The Bertz CT molecular complexity index is 1060. The monoisotopic (exact) mass is 461 g/mol. The van der Waals surface area contributed by atoms with Crippen LogP contribution in [0.4, 0.5) is 0 Å². The topological polar surface area (TPSA) is 68.9 Å². The van der Waals surface area contributed by atoms with Gasteiger partial charge in [-0.3, -0.25) is 9.78 Å². The Labute approximate surface area is 201 Å². The summed E-state index contributed by atoms with van der Waals surface area (Å²) in [6.45, 7) is 5.17. The molecule has 1 amide bonds. The van der Waals surface area contributed by atoms with Gasteiger partial charge in [0.15, 0.2) is 5.01 Å². The first-order valence-corrected chi connectivity index (χ1v) is 13.3. The van der Waals surface area contributed by atoms with Gasteiger partial charge in [0.1, 0.15) is 0 Å². The number of hydrogen-bond acceptors (Lipinski definition) is 4. The quantitative estimate of drug-likeness (QED) is 0.508. The molecule has 4 nitrogen and oxygen atoms in total. The first-order chi connectivity index (χ1) is 15.9. The van der Waals surface area contributed by atoms with Crippen LogP contribution in [0.1, 0.15) is 80.6 Å². The molecule has 2 aromatic rings. The normalized spacial score (nSPS) is 34.5. The maximum Gasteiger partial charge on any atom is 0.277 e. The van der Waals surface area contributed by atoms with Gasteiger partial charge in [-0.1, -0.05) is 44.1 Å². The average Bonchev–Trinajstić information content (AvgIpc) is 3.48. The molecule has 33 heavy (non-hydrogen) atoms. The third-order valence-corrected chi connectivity index (χ3v) is 10.0. The van der Waals surface area contributed by atoms with Crippen LogP contribution in [0.2, 0.25) is 0 Å². The Morgan fingerprint density at radius 2 is 1.97 bits per heavy atom. The molecule has 6 rings (SSSR count). The Kier molecular flexibility index (Phi) is 6.02. The van der Waals surface area contributed by atoms with E-state index < -0.39 is 5.91 Å². The van der Waals surface area contributed by atoms with Crippen molar-refractivity contribution in [2.24, 2.45) is 34.3 Å². The van der Waals surface area contributed by atoms with Crippen molar-refractivity contribution in [3.8, 4) is 0 Å². The second-order valence-electron chi connectivity index (χ2n) is 10.7. The summed E-state index contributed by atoms with van der Waals surface area (Å²) in [5.74, 6) is 2.18. The van der Waals surface area contributed by atoms with E-state index in [-0.39, 0.29) is 0 Å². The highest BCUT2D eigenvalue weighted by Crippen LogP contribution is 2.66. The summed E-state index contributed by atoms with van der Waals surface area (Å²) in [5, 5.41) is 2.07. The number of pyridine rings is 1. The lowest BCUT2D eigenvalue weighted by molar-refractivity contribution is -0.00980. The fourth-order valence-corrected chi connectivity index (χ4v) is 8.07. The first kappa shape index (κ1) is 22.5. The van der Waals surface area contributed by atoms with Crippen LogP contribution in [0.5, 0.6) is 0 Å². The van der Waals surface area contributed by atoms with Gasteiger partial charge >= 0.3 is 0 Å². The molecule has 0 bridgehead atoms. The molecule has 5 heteroatoms. The van der Waals surface area contributed by atoms with E-state index in [1.165, 1.54) is 68.3 Å². The van der Waals surface area contributed by atoms with Gasteiger partial charge in [0.25, 0.3) is 5.91 Å². The van der Waals surface area contributed by atoms with Crippen molar-refractivity contribution in [2.45, 2.75) is 65.2 Å². The summed E-state index contributed by atoms with van der Waals surface area (Å²) in [6.07, 6.45) is 21.8. The van der Waals surface area contributed by atoms with E-state index >= 15 is 0 Å². The van der Waals surface area contributed by atoms with E-state index in [2.05, 4.69) is 54.3 Å². The molecule has 2 N–H and O–H groups in total. The summed E-state index contributed by atoms with van der Waals surface area (Å²) >= 11 is 1.25. The molecular weight excluding hydrogens is 426 g/mol. The van der Waals surface area contributed by atoms with Gasteiger partial charge in [0.2, 0.25) is 0 Å². The lowest BCUT2D eigenvalue weighted by atomic mass is 9.47. The third-order valence-electron chi connectivity index (χ3n) is 9.21. The van der Waals surface area contributed by atoms with E-state index in [9.17, 15) is 4.79 Å². The number of nitrogens with two attached hydrogens (primary N) is 1. The SMILES string of the molecule is CC12CCCCC1=CCC1C2CCC2(C)C(c3cccnc3)=CCC12.NC(=O)c1nccs1. The van der Waals surface area contributed by atoms with E-state index in [0.29, 0.717) is 15.8 Å². The molecule has 0 aliphatic heterocycles. The zero-order valence-electron chi connectivity index (χ0n) is 19.8. The average molecular weight is 462 g/mol. The lowest BCUT2D eigenvalue weighted by Crippen LogP contribution is -2.48. The number of allylic oxidation sites excluding steroid dienone is 4. The summed E-state index contributed by atoms with van der Waals surface area (Å²) in [6, 6.07) is 4.36. The minimum Gasteiger partial charge on any atom is -0.364 e. The highest BCUT2D eigenvalue weighted by Gasteiger charge is 2.56. The first-order valence-electron chi connectivity index (χ1n) is 12.4. The van der Waals surface area contributed by atoms with Crippen LogP contribution >= 0.6 is 11.3 Å². The number of rotatable bonds is 2. The van der Waals surface area contributed by atoms with Crippen LogP contribution in [0, 0.1) is 28.6 Å². The van der Waals surface area contributed by atoms with Gasteiger partial charge in [-0.15, -0.1) is 11.3 Å². The largest absolute Gasteiger partial charge is 0.364 e. The van der Waals surface area contributed by atoms with Crippen LogP contribution in [-0.4, -0.2) is 15.9 Å². The molecule has 0 spiro atoms. The Morgan fingerprint density at radius 1 is 1.09 bits per heavy atom. The number of thiazole rings is 1. The molecule has 5 unspecified atom stereocenters. The molecule has 2 heterocycles. The predicted octanol–water partition coefficient (Wildman–Crippen LogP) is 6.67. The Balaban J connectivity index is 0.000000243. The maximum atomic E-state index is 10.2. The minimum absolute atomic E-state index is 0.362. The number of fused-ring (bicyclic) bond motifs is 5. The molecule has 4 aliphatic carbocycles. The van der Waals surface area contributed by atoms with E-state index in [1.54, 1.807) is 17.2 Å². The Hall–Kier alpha value is -2.27.